The average molecular weight is 197 g/mol. The Hall–Kier alpha value is -1.09. The average Bonchev–Trinajstić information content (AvgIpc) is 2.17. The quantitative estimate of drug-likeness (QED) is 0.802. The summed E-state index contributed by atoms with van der Waals surface area (Å²) < 4.78 is 18.2. The predicted molar refractivity (Wildman–Crippen MR) is 55.0 cm³/mol. The minimum absolute atomic E-state index is 0.229. The number of methoxy groups -OCH3 is 1. The Morgan fingerprint density at radius 1 is 1.36 bits per heavy atom. The highest BCUT2D eigenvalue weighted by Gasteiger charge is 2.19. The van der Waals surface area contributed by atoms with Crippen molar-refractivity contribution in [3.05, 3.63) is 29.6 Å². The zero-order chi connectivity index (χ0) is 10.8. The molecule has 0 aliphatic carbocycles. The number of rotatable bonds is 3. The van der Waals surface area contributed by atoms with Crippen LogP contribution < -0.4 is 10.1 Å². The van der Waals surface area contributed by atoms with Gasteiger partial charge < -0.3 is 10.1 Å². The van der Waals surface area contributed by atoms with Gasteiger partial charge in [-0.25, -0.2) is 4.39 Å². The molecule has 0 spiro atoms. The molecule has 0 aromatic heterocycles. The van der Waals surface area contributed by atoms with Crippen LogP contribution in [0.3, 0.4) is 0 Å². The summed E-state index contributed by atoms with van der Waals surface area (Å²) in [6, 6.07) is 5.00. The third-order valence-electron chi connectivity index (χ3n) is 2.50. The molecular formula is C11H16FNO. The highest BCUT2D eigenvalue weighted by molar-refractivity contribution is 5.32. The summed E-state index contributed by atoms with van der Waals surface area (Å²) in [5, 5.41) is 3.11. The van der Waals surface area contributed by atoms with Gasteiger partial charge in [-0.05, 0) is 38.6 Å². The molecule has 78 valence electrons. The summed E-state index contributed by atoms with van der Waals surface area (Å²) in [5.41, 5.74) is 0.672. The molecule has 0 saturated carbocycles. The largest absolute Gasteiger partial charge is 0.494 e. The molecule has 0 unspecified atom stereocenters. The minimum Gasteiger partial charge on any atom is -0.494 e. The Balaban J connectivity index is 3.08. The van der Waals surface area contributed by atoms with Crippen LogP contribution in [0.5, 0.6) is 5.75 Å². The maximum Gasteiger partial charge on any atom is 0.165 e. The van der Waals surface area contributed by atoms with E-state index in [1.807, 2.05) is 27.0 Å². The molecule has 0 heterocycles. The third-order valence-corrected chi connectivity index (χ3v) is 2.50. The Morgan fingerprint density at radius 2 is 2.00 bits per heavy atom. The van der Waals surface area contributed by atoms with E-state index in [4.69, 9.17) is 4.74 Å². The number of ether oxygens (including phenoxy) is 1. The topological polar surface area (TPSA) is 21.3 Å². The summed E-state index contributed by atoms with van der Waals surface area (Å²) in [4.78, 5) is 0. The van der Waals surface area contributed by atoms with E-state index in [0.717, 1.165) is 5.56 Å². The van der Waals surface area contributed by atoms with Crippen molar-refractivity contribution >= 4 is 0 Å². The number of hydrogen-bond donors (Lipinski definition) is 1. The molecule has 0 amide bonds. The number of benzene rings is 1. The highest BCUT2D eigenvalue weighted by atomic mass is 19.1. The van der Waals surface area contributed by atoms with Crippen molar-refractivity contribution in [3.8, 4) is 5.75 Å². The molecule has 1 N–H and O–H groups in total. The van der Waals surface area contributed by atoms with Crippen LogP contribution in [0.2, 0.25) is 0 Å². The molecule has 1 rings (SSSR count). The SMILES string of the molecule is CNC(C)(C)c1ccc(OC)c(F)c1. The molecule has 1 aromatic rings. The molecule has 2 nitrogen and oxygen atoms in total. The fourth-order valence-corrected chi connectivity index (χ4v) is 1.20. The fraction of sp³-hybridized carbons (Fsp3) is 0.455. The monoisotopic (exact) mass is 197 g/mol. The van der Waals surface area contributed by atoms with Crippen LogP contribution in [0.4, 0.5) is 4.39 Å². The number of hydrogen-bond acceptors (Lipinski definition) is 2. The number of halogens is 1. The van der Waals surface area contributed by atoms with E-state index in [9.17, 15) is 4.39 Å². The zero-order valence-corrected chi connectivity index (χ0v) is 9.02. The van der Waals surface area contributed by atoms with Crippen molar-refractivity contribution in [2.75, 3.05) is 14.2 Å². The molecule has 0 aliphatic rings. The minimum atomic E-state index is -0.326. The normalized spacial score (nSPS) is 11.5. The summed E-state index contributed by atoms with van der Waals surface area (Å²) in [6.07, 6.45) is 0. The molecular weight excluding hydrogens is 181 g/mol. The maximum atomic E-state index is 13.4. The van der Waals surface area contributed by atoms with E-state index >= 15 is 0 Å². The molecule has 0 atom stereocenters. The molecule has 3 heteroatoms. The van der Waals surface area contributed by atoms with Crippen LogP contribution in [0.15, 0.2) is 18.2 Å². The Kier molecular flexibility index (Phi) is 3.11. The molecule has 0 fully saturated rings. The summed E-state index contributed by atoms with van der Waals surface area (Å²) in [6.45, 7) is 3.99. The van der Waals surface area contributed by atoms with Crippen LogP contribution in [-0.2, 0) is 5.54 Å². The highest BCUT2D eigenvalue weighted by Crippen LogP contribution is 2.24. The van der Waals surface area contributed by atoms with Crippen LogP contribution in [0.25, 0.3) is 0 Å². The molecule has 0 saturated heterocycles. The molecule has 0 radical (unpaired) electrons. The Morgan fingerprint density at radius 3 is 2.43 bits per heavy atom. The van der Waals surface area contributed by atoms with Crippen molar-refractivity contribution < 1.29 is 9.13 Å². The van der Waals surface area contributed by atoms with Gasteiger partial charge in [0.15, 0.2) is 11.6 Å². The maximum absolute atomic E-state index is 13.4. The first kappa shape index (κ1) is 11.0. The van der Waals surface area contributed by atoms with Crippen molar-refractivity contribution in [1.29, 1.82) is 0 Å². The third kappa shape index (κ3) is 2.04. The summed E-state index contributed by atoms with van der Waals surface area (Å²) >= 11 is 0. The van der Waals surface area contributed by atoms with Gasteiger partial charge in [-0.3, -0.25) is 0 Å². The van der Waals surface area contributed by atoms with Gasteiger partial charge in [0.05, 0.1) is 7.11 Å². The lowest BCUT2D eigenvalue weighted by molar-refractivity contribution is 0.382. The van der Waals surface area contributed by atoms with Crippen LogP contribution in [0, 0.1) is 5.82 Å². The second kappa shape index (κ2) is 3.96. The predicted octanol–water partition coefficient (Wildman–Crippen LogP) is 2.29. The van der Waals surface area contributed by atoms with Gasteiger partial charge in [0.25, 0.3) is 0 Å². The second-order valence-corrected chi connectivity index (χ2v) is 3.72. The molecule has 0 aliphatic heterocycles. The summed E-state index contributed by atoms with van der Waals surface area (Å²) in [5.74, 6) is -0.0472. The first-order chi connectivity index (χ1) is 6.51. The van der Waals surface area contributed by atoms with Crippen LogP contribution in [0.1, 0.15) is 19.4 Å². The van der Waals surface area contributed by atoms with Gasteiger partial charge in [0, 0.05) is 5.54 Å². The van der Waals surface area contributed by atoms with Crippen LogP contribution in [-0.4, -0.2) is 14.2 Å². The summed E-state index contributed by atoms with van der Waals surface area (Å²) in [7, 11) is 3.31. The Labute approximate surface area is 84.1 Å². The molecule has 0 bridgehead atoms. The molecule has 14 heavy (non-hydrogen) atoms. The van der Waals surface area contributed by atoms with Crippen molar-refractivity contribution in [2.45, 2.75) is 19.4 Å². The van der Waals surface area contributed by atoms with Gasteiger partial charge in [-0.15, -0.1) is 0 Å². The standard InChI is InChI=1S/C11H16FNO/c1-11(2,13-3)8-5-6-10(14-4)9(12)7-8/h5-7,13H,1-4H3. The van der Waals surface area contributed by atoms with E-state index in [1.165, 1.54) is 13.2 Å². The van der Waals surface area contributed by atoms with Gasteiger partial charge in [-0.2, -0.15) is 0 Å². The lowest BCUT2D eigenvalue weighted by Gasteiger charge is -2.24. The van der Waals surface area contributed by atoms with Gasteiger partial charge in [0.1, 0.15) is 0 Å². The van der Waals surface area contributed by atoms with Crippen molar-refractivity contribution in [2.24, 2.45) is 0 Å². The fourth-order valence-electron chi connectivity index (χ4n) is 1.20. The van der Waals surface area contributed by atoms with Crippen molar-refractivity contribution in [3.63, 3.8) is 0 Å². The number of nitrogens with one attached hydrogen (secondary N) is 1. The first-order valence-electron chi connectivity index (χ1n) is 4.54. The Bertz CT molecular complexity index is 323. The zero-order valence-electron chi connectivity index (χ0n) is 9.02. The lowest BCUT2D eigenvalue weighted by Crippen LogP contribution is -2.33. The van der Waals surface area contributed by atoms with E-state index in [-0.39, 0.29) is 17.1 Å². The van der Waals surface area contributed by atoms with Crippen LogP contribution >= 0.6 is 0 Å². The lowest BCUT2D eigenvalue weighted by atomic mass is 9.94. The van der Waals surface area contributed by atoms with E-state index in [0.29, 0.717) is 0 Å². The molecule has 1 aromatic carbocycles. The van der Waals surface area contributed by atoms with E-state index in [2.05, 4.69) is 5.32 Å². The van der Waals surface area contributed by atoms with E-state index < -0.39 is 0 Å². The van der Waals surface area contributed by atoms with Gasteiger partial charge in [0.2, 0.25) is 0 Å². The van der Waals surface area contributed by atoms with Gasteiger partial charge >= 0.3 is 0 Å². The second-order valence-electron chi connectivity index (χ2n) is 3.72. The smallest absolute Gasteiger partial charge is 0.165 e. The van der Waals surface area contributed by atoms with Crippen molar-refractivity contribution in [1.82, 2.24) is 5.32 Å². The van der Waals surface area contributed by atoms with E-state index in [1.54, 1.807) is 6.07 Å². The van der Waals surface area contributed by atoms with Gasteiger partial charge in [-0.1, -0.05) is 6.07 Å². The first-order valence-corrected chi connectivity index (χ1v) is 4.54.